The van der Waals surface area contributed by atoms with Crippen molar-refractivity contribution in [3.63, 3.8) is 0 Å². The summed E-state index contributed by atoms with van der Waals surface area (Å²) in [5, 5.41) is 15.5. The number of hydrogen-bond acceptors (Lipinski definition) is 3. The fourth-order valence-corrected chi connectivity index (χ4v) is 5.52. The molecule has 17 heavy (non-hydrogen) atoms. The zero-order chi connectivity index (χ0) is 12.2. The maximum absolute atomic E-state index is 12.0. The molecule has 3 rings (SSSR count). The molecule has 2 bridgehead atoms. The number of aryl methyl sites for hydroxylation is 2. The summed E-state index contributed by atoms with van der Waals surface area (Å²) in [6, 6.07) is 0. The van der Waals surface area contributed by atoms with Gasteiger partial charge >= 0.3 is 0 Å². The van der Waals surface area contributed by atoms with E-state index in [1.54, 1.807) is 4.68 Å². The van der Waals surface area contributed by atoms with E-state index in [9.17, 15) is 9.32 Å². The second kappa shape index (κ2) is 3.65. The van der Waals surface area contributed by atoms with E-state index in [1.807, 2.05) is 20.2 Å². The summed E-state index contributed by atoms with van der Waals surface area (Å²) >= 11 is 0. The predicted molar refractivity (Wildman–Crippen MR) is 66.0 cm³/mol. The molecule has 0 amide bonds. The largest absolute Gasteiger partial charge is 0.385 e. The highest BCUT2D eigenvalue weighted by Gasteiger charge is 2.49. The van der Waals surface area contributed by atoms with E-state index >= 15 is 0 Å². The van der Waals surface area contributed by atoms with Gasteiger partial charge in [0.15, 0.2) is 0 Å². The van der Waals surface area contributed by atoms with Gasteiger partial charge in [-0.25, -0.2) is 0 Å². The zero-order valence-electron chi connectivity index (χ0n) is 10.2. The van der Waals surface area contributed by atoms with Crippen LogP contribution in [0, 0.1) is 6.92 Å². The topological polar surface area (TPSA) is 55.1 Å². The smallest absolute Gasteiger partial charge is 0.0952 e. The molecule has 1 aromatic rings. The third-order valence-electron chi connectivity index (χ3n) is 4.11. The van der Waals surface area contributed by atoms with Gasteiger partial charge in [-0.2, -0.15) is 5.10 Å². The van der Waals surface area contributed by atoms with Crippen molar-refractivity contribution in [2.75, 3.05) is 0 Å². The molecule has 0 spiro atoms. The average Bonchev–Trinajstić information content (AvgIpc) is 2.69. The SMILES string of the molecule is Cc1nn(C)cc1C1(O)CC2CCC(C1)S2=O. The molecule has 0 aromatic carbocycles. The van der Waals surface area contributed by atoms with Crippen LogP contribution >= 0.6 is 0 Å². The molecule has 2 aliphatic heterocycles. The molecule has 2 fully saturated rings. The van der Waals surface area contributed by atoms with Crippen LogP contribution in [-0.4, -0.2) is 29.6 Å². The molecule has 0 saturated carbocycles. The fourth-order valence-electron chi connectivity index (χ4n) is 3.36. The van der Waals surface area contributed by atoms with Crippen molar-refractivity contribution in [3.8, 4) is 0 Å². The molecular formula is C12H18N2O2S. The molecule has 2 unspecified atom stereocenters. The summed E-state index contributed by atoms with van der Waals surface area (Å²) in [6.45, 7) is 1.93. The van der Waals surface area contributed by atoms with Crippen LogP contribution < -0.4 is 0 Å². The first-order chi connectivity index (χ1) is 7.99. The van der Waals surface area contributed by atoms with Gasteiger partial charge in [-0.1, -0.05) is 0 Å². The third-order valence-corrected chi connectivity index (χ3v) is 6.23. The van der Waals surface area contributed by atoms with E-state index in [0.717, 1.165) is 24.1 Å². The van der Waals surface area contributed by atoms with E-state index in [2.05, 4.69) is 5.10 Å². The second-order valence-corrected chi connectivity index (χ2v) is 7.38. The maximum Gasteiger partial charge on any atom is 0.0952 e. The van der Waals surface area contributed by atoms with E-state index in [-0.39, 0.29) is 10.5 Å². The van der Waals surface area contributed by atoms with Crippen LogP contribution in [0.3, 0.4) is 0 Å². The molecule has 3 heterocycles. The van der Waals surface area contributed by atoms with Crippen molar-refractivity contribution in [2.45, 2.75) is 48.7 Å². The van der Waals surface area contributed by atoms with Crippen LogP contribution in [0.15, 0.2) is 6.20 Å². The van der Waals surface area contributed by atoms with Crippen LogP contribution in [0.4, 0.5) is 0 Å². The molecule has 1 aromatic heterocycles. The van der Waals surface area contributed by atoms with Crippen LogP contribution in [0.25, 0.3) is 0 Å². The Morgan fingerprint density at radius 2 is 2.06 bits per heavy atom. The van der Waals surface area contributed by atoms with Crippen molar-refractivity contribution in [1.82, 2.24) is 9.78 Å². The Hall–Kier alpha value is -0.680. The summed E-state index contributed by atoms with van der Waals surface area (Å²) in [5.74, 6) is 0. The Kier molecular flexibility index (Phi) is 2.45. The number of aromatic nitrogens is 2. The summed E-state index contributed by atoms with van der Waals surface area (Å²) in [5.41, 5.74) is 1.01. The Bertz CT molecular complexity index is 467. The summed E-state index contributed by atoms with van der Waals surface area (Å²) < 4.78 is 13.7. The van der Waals surface area contributed by atoms with Crippen LogP contribution in [0.5, 0.6) is 0 Å². The van der Waals surface area contributed by atoms with Gasteiger partial charge in [0.25, 0.3) is 0 Å². The summed E-state index contributed by atoms with van der Waals surface area (Å²) in [4.78, 5) is 0. The maximum atomic E-state index is 12.0. The lowest BCUT2D eigenvalue weighted by Gasteiger charge is -2.35. The van der Waals surface area contributed by atoms with Gasteiger partial charge in [-0.05, 0) is 32.6 Å². The quantitative estimate of drug-likeness (QED) is 0.813. The van der Waals surface area contributed by atoms with Gasteiger partial charge in [-0.15, -0.1) is 0 Å². The van der Waals surface area contributed by atoms with Crippen molar-refractivity contribution in [3.05, 3.63) is 17.5 Å². The zero-order valence-corrected chi connectivity index (χ0v) is 11.0. The normalized spacial score (nSPS) is 40.8. The van der Waals surface area contributed by atoms with Gasteiger partial charge in [0.1, 0.15) is 0 Å². The number of nitrogens with zero attached hydrogens (tertiary/aromatic N) is 2. The average molecular weight is 254 g/mol. The van der Waals surface area contributed by atoms with Crippen LogP contribution in [0.2, 0.25) is 0 Å². The lowest BCUT2D eigenvalue weighted by atomic mass is 9.86. The molecule has 2 saturated heterocycles. The lowest BCUT2D eigenvalue weighted by Crippen LogP contribution is -2.40. The molecule has 94 valence electrons. The number of rotatable bonds is 1. The van der Waals surface area contributed by atoms with Crippen molar-refractivity contribution in [1.29, 1.82) is 0 Å². The Balaban J connectivity index is 1.98. The minimum absolute atomic E-state index is 0.179. The molecule has 5 heteroatoms. The Morgan fingerprint density at radius 3 is 2.53 bits per heavy atom. The van der Waals surface area contributed by atoms with Gasteiger partial charge in [0.05, 0.1) is 11.3 Å². The summed E-state index contributed by atoms with van der Waals surface area (Å²) in [6.07, 6.45) is 5.16. The number of hydrogen-bond donors (Lipinski definition) is 1. The van der Waals surface area contributed by atoms with E-state index < -0.39 is 16.4 Å². The van der Waals surface area contributed by atoms with Gasteiger partial charge in [-0.3, -0.25) is 8.89 Å². The number of aliphatic hydroxyl groups is 1. The molecule has 0 radical (unpaired) electrons. The van der Waals surface area contributed by atoms with E-state index in [0.29, 0.717) is 12.8 Å². The van der Waals surface area contributed by atoms with Crippen molar-refractivity contribution < 1.29 is 9.32 Å². The highest BCUT2D eigenvalue weighted by Crippen LogP contribution is 2.46. The van der Waals surface area contributed by atoms with Gasteiger partial charge in [0.2, 0.25) is 0 Å². The van der Waals surface area contributed by atoms with Crippen molar-refractivity contribution in [2.24, 2.45) is 7.05 Å². The Morgan fingerprint density at radius 1 is 1.47 bits per heavy atom. The first-order valence-corrected chi connectivity index (χ1v) is 7.40. The fraction of sp³-hybridized carbons (Fsp3) is 0.750. The predicted octanol–water partition coefficient (Wildman–Crippen LogP) is 0.990. The highest BCUT2D eigenvalue weighted by molar-refractivity contribution is 7.86. The van der Waals surface area contributed by atoms with Gasteiger partial charge in [0, 0.05) is 40.1 Å². The molecule has 2 aliphatic rings. The second-order valence-electron chi connectivity index (χ2n) is 5.39. The molecule has 4 nitrogen and oxygen atoms in total. The highest BCUT2D eigenvalue weighted by atomic mass is 32.2. The van der Waals surface area contributed by atoms with Crippen molar-refractivity contribution >= 4 is 10.8 Å². The first kappa shape index (κ1) is 11.4. The molecule has 2 atom stereocenters. The van der Waals surface area contributed by atoms with Crippen LogP contribution in [0.1, 0.15) is 36.9 Å². The van der Waals surface area contributed by atoms with E-state index in [1.165, 1.54) is 0 Å². The first-order valence-electron chi connectivity index (χ1n) is 6.12. The lowest BCUT2D eigenvalue weighted by molar-refractivity contribution is 0.0178. The standard InChI is InChI=1S/C12H18N2O2S/c1-8-11(7-14(2)13-8)12(15)5-9-3-4-10(6-12)17(9)16/h7,9-10,15H,3-6H2,1-2H3. The minimum Gasteiger partial charge on any atom is -0.385 e. The van der Waals surface area contributed by atoms with E-state index in [4.69, 9.17) is 0 Å². The molecule has 0 aliphatic carbocycles. The summed E-state index contributed by atoms with van der Waals surface area (Å²) in [7, 11) is 1.14. The Labute approximate surface area is 103 Å². The minimum atomic E-state index is -0.807. The van der Waals surface area contributed by atoms with Gasteiger partial charge < -0.3 is 5.11 Å². The molecule has 1 N–H and O–H groups in total. The monoisotopic (exact) mass is 254 g/mol. The third kappa shape index (κ3) is 1.67. The molecular weight excluding hydrogens is 236 g/mol. The number of fused-ring (bicyclic) bond motifs is 2. The van der Waals surface area contributed by atoms with Crippen LogP contribution in [-0.2, 0) is 23.4 Å².